The van der Waals surface area contributed by atoms with Crippen LogP contribution in [0.2, 0.25) is 0 Å². The van der Waals surface area contributed by atoms with Gasteiger partial charge in [0, 0.05) is 64.4 Å². The molecule has 10 aromatic carbocycles. The summed E-state index contributed by atoms with van der Waals surface area (Å²) in [4.78, 5) is 18.1. The number of phenols is 2. The molecule has 12 heteroatoms. The average Bonchev–Trinajstić information content (AvgIpc) is 4.20. The van der Waals surface area contributed by atoms with Crippen molar-refractivity contribution in [1.29, 1.82) is 0 Å². The van der Waals surface area contributed by atoms with E-state index in [0.29, 0.717) is 16.6 Å². The maximum Gasteiger partial charge on any atom is 0.128 e. The first-order chi connectivity index (χ1) is 35.8. The van der Waals surface area contributed by atoms with E-state index in [1.165, 1.54) is 6.07 Å². The van der Waals surface area contributed by atoms with E-state index in [0.717, 1.165) is 90.8 Å². The molecular formula is C63H42FIrN5O2S2Zn-2. The normalized spacial score (nSPS) is 10.7. The number of aromatic nitrogens is 5. The van der Waals surface area contributed by atoms with Crippen LogP contribution in [0.4, 0.5) is 4.39 Å². The van der Waals surface area contributed by atoms with Crippen LogP contribution in [0.5, 0.6) is 11.5 Å². The minimum absolute atomic E-state index is 0. The molecule has 4 heterocycles. The molecule has 0 spiro atoms. The van der Waals surface area contributed by atoms with Gasteiger partial charge in [-0.2, -0.15) is 0 Å². The predicted octanol–water partition coefficient (Wildman–Crippen LogP) is 16.5. The molecule has 0 amide bonds. The molecule has 0 fully saturated rings. The van der Waals surface area contributed by atoms with Crippen LogP contribution in [-0.2, 0) is 46.6 Å². The van der Waals surface area contributed by atoms with Crippen LogP contribution in [0.25, 0.3) is 107 Å². The topological polar surface area (TPSA) is 97.0 Å². The Hall–Kier alpha value is -7.82. The van der Waals surface area contributed by atoms with Gasteiger partial charge in [0.05, 0.1) is 42.9 Å². The van der Waals surface area contributed by atoms with Gasteiger partial charge in [-0.1, -0.05) is 109 Å². The van der Waals surface area contributed by atoms with Crippen LogP contribution in [-0.4, -0.2) is 34.7 Å². The molecule has 0 unspecified atom stereocenters. The van der Waals surface area contributed by atoms with Gasteiger partial charge in [-0.15, -0.1) is 94.5 Å². The summed E-state index contributed by atoms with van der Waals surface area (Å²) < 4.78 is 18.7. The van der Waals surface area contributed by atoms with Crippen molar-refractivity contribution in [3.63, 3.8) is 0 Å². The Balaban J connectivity index is 0.000000123. The minimum atomic E-state index is -0.252. The number of para-hydroxylation sites is 2. The van der Waals surface area contributed by atoms with Crippen LogP contribution in [0.15, 0.2) is 225 Å². The maximum absolute atomic E-state index is 14.4. The van der Waals surface area contributed by atoms with E-state index in [2.05, 4.69) is 44.2 Å². The molecule has 14 aromatic rings. The Morgan fingerprint density at radius 3 is 1.47 bits per heavy atom. The van der Waals surface area contributed by atoms with Crippen LogP contribution >= 0.6 is 22.7 Å². The summed E-state index contributed by atoms with van der Waals surface area (Å²) in [6, 6.07) is 74.2. The number of thiazole rings is 2. The first-order valence-electron chi connectivity index (χ1n) is 23.4. The van der Waals surface area contributed by atoms with Gasteiger partial charge in [-0.05, 0) is 92.6 Å². The average molecular weight is 1240 g/mol. The molecule has 14 rings (SSSR count). The van der Waals surface area contributed by atoms with Gasteiger partial charge in [0.2, 0.25) is 0 Å². The molecule has 4 aromatic heterocycles. The van der Waals surface area contributed by atoms with Gasteiger partial charge in [-0.3, -0.25) is 9.97 Å². The Labute approximate surface area is 466 Å². The Bertz CT molecular complexity index is 4020. The fourth-order valence-corrected chi connectivity index (χ4v) is 10.7. The first kappa shape index (κ1) is 52.1. The van der Waals surface area contributed by atoms with Crippen molar-refractivity contribution in [3.8, 4) is 55.3 Å². The number of fused-ring (bicyclic) bond motifs is 6. The molecule has 0 saturated carbocycles. The third kappa shape index (κ3) is 11.3. The number of phenolic OH excluding ortho intramolecular Hbond substituents is 2. The molecule has 2 N–H and O–H groups in total. The quantitative estimate of drug-likeness (QED) is 0.104. The first-order valence-corrected chi connectivity index (χ1v) is 25.0. The van der Waals surface area contributed by atoms with Gasteiger partial charge in [0.1, 0.15) is 27.3 Å². The summed E-state index contributed by atoms with van der Waals surface area (Å²) in [6.07, 6.45) is 3.71. The number of aryl methyl sites for hydroxylation is 1. The van der Waals surface area contributed by atoms with E-state index < -0.39 is 0 Å². The third-order valence-corrected chi connectivity index (χ3v) is 14.3. The molecule has 363 valence electrons. The van der Waals surface area contributed by atoms with E-state index >= 15 is 0 Å². The van der Waals surface area contributed by atoms with E-state index in [1.807, 2.05) is 194 Å². The van der Waals surface area contributed by atoms with E-state index in [9.17, 15) is 14.6 Å². The molecule has 75 heavy (non-hydrogen) atoms. The number of nitrogens with zero attached hydrogens (tertiary/aromatic N) is 5. The van der Waals surface area contributed by atoms with Gasteiger partial charge < -0.3 is 14.8 Å². The standard InChI is InChI=1S/C19H11FN.2C17H11NOS.C10H9N2.Ir.Zn/c20-17-12-18(13-6-2-1-3-7-13)21-19-11-15-9-5-4-8-14(15)10-16(17)19;2*19-14-10-9-11-5-1-2-6-12(11)16(14)17-18-13-7-3-4-8-15(13)20-17;1-12-8-7-11-10(12)9-5-3-2-4-6-9;;/h1-6,8-12H;2*1-10,19H;2-5,7-8H,1H3;;/q-1;;;-1;;. The number of hydrogen-bond acceptors (Lipinski definition) is 8. The molecule has 0 aliphatic heterocycles. The summed E-state index contributed by atoms with van der Waals surface area (Å²) >= 11 is 3.22. The van der Waals surface area contributed by atoms with E-state index in [1.54, 1.807) is 47.1 Å². The molecule has 0 aliphatic rings. The maximum atomic E-state index is 14.4. The van der Waals surface area contributed by atoms with Crippen molar-refractivity contribution < 1.29 is 54.2 Å². The molecule has 0 bridgehead atoms. The number of halogens is 1. The van der Waals surface area contributed by atoms with Crippen molar-refractivity contribution in [2.24, 2.45) is 7.05 Å². The van der Waals surface area contributed by atoms with Gasteiger partial charge >= 0.3 is 0 Å². The van der Waals surface area contributed by atoms with Gasteiger partial charge in [0.15, 0.2) is 0 Å². The van der Waals surface area contributed by atoms with Crippen LogP contribution in [0.1, 0.15) is 0 Å². The number of imidazole rings is 1. The summed E-state index contributed by atoms with van der Waals surface area (Å²) in [6.45, 7) is 0. The second kappa shape index (κ2) is 23.6. The molecule has 1 radical (unpaired) electrons. The largest absolute Gasteiger partial charge is 0.507 e. The van der Waals surface area contributed by atoms with Crippen LogP contribution in [0, 0.1) is 17.9 Å². The summed E-state index contributed by atoms with van der Waals surface area (Å²) in [5, 5.41) is 29.1. The fourth-order valence-electron chi connectivity index (χ4n) is 8.65. The number of aromatic hydroxyl groups is 2. The van der Waals surface area contributed by atoms with Crippen LogP contribution in [0.3, 0.4) is 0 Å². The number of benzene rings is 10. The Kier molecular flexibility index (Phi) is 16.4. The Morgan fingerprint density at radius 2 is 0.960 bits per heavy atom. The van der Waals surface area contributed by atoms with Crippen molar-refractivity contribution in [3.05, 3.63) is 243 Å². The van der Waals surface area contributed by atoms with Gasteiger partial charge in [0.25, 0.3) is 0 Å². The minimum Gasteiger partial charge on any atom is -0.507 e. The summed E-state index contributed by atoms with van der Waals surface area (Å²) in [7, 11) is 1.98. The van der Waals surface area contributed by atoms with E-state index in [4.69, 9.17) is 0 Å². The molecule has 7 nitrogen and oxygen atoms in total. The SMILES string of the molecule is Cn1ccnc1-c1[c-]cccc1.Fc1cc(-c2[c-]cccc2)nc2cc3ccccc3cc12.Oc1ccc2ccccc2c1-c1nc2ccccc2s1.Oc1ccc2ccccc2c1-c1nc2ccccc2s1.[Ir].[Zn]. The zero-order valence-electron chi connectivity index (χ0n) is 40.2. The van der Waals surface area contributed by atoms with Gasteiger partial charge in [-0.25, -0.2) is 14.4 Å². The van der Waals surface area contributed by atoms with Crippen molar-refractivity contribution >= 4 is 86.3 Å². The summed E-state index contributed by atoms with van der Waals surface area (Å²) in [5.74, 6) is 1.26. The Morgan fingerprint density at radius 1 is 0.480 bits per heavy atom. The number of rotatable bonds is 4. The zero-order valence-corrected chi connectivity index (χ0v) is 47.2. The number of hydrogen-bond donors (Lipinski definition) is 2. The monoisotopic (exact) mass is 1240 g/mol. The molecule has 0 aliphatic carbocycles. The predicted molar refractivity (Wildman–Crippen MR) is 299 cm³/mol. The van der Waals surface area contributed by atoms with Crippen molar-refractivity contribution in [1.82, 2.24) is 24.5 Å². The fraction of sp³-hybridized carbons (Fsp3) is 0.0159. The molecular weight excluding hydrogens is 1200 g/mol. The summed E-state index contributed by atoms with van der Waals surface area (Å²) in [5.41, 5.74) is 6.70. The number of pyridine rings is 1. The molecule has 0 saturated heterocycles. The second-order valence-electron chi connectivity index (χ2n) is 17.0. The van der Waals surface area contributed by atoms with E-state index in [-0.39, 0.29) is 56.9 Å². The van der Waals surface area contributed by atoms with Crippen LogP contribution < -0.4 is 0 Å². The third-order valence-electron chi connectivity index (χ3n) is 12.2. The molecule has 0 atom stereocenters. The second-order valence-corrected chi connectivity index (χ2v) is 19.0. The smallest absolute Gasteiger partial charge is 0.128 e. The van der Waals surface area contributed by atoms with Crippen molar-refractivity contribution in [2.45, 2.75) is 0 Å². The van der Waals surface area contributed by atoms with Crippen molar-refractivity contribution in [2.75, 3.05) is 0 Å². The zero-order chi connectivity index (χ0) is 49.7.